The minimum atomic E-state index is -0.0766. The third-order valence-electron chi connectivity index (χ3n) is 5.15. The summed E-state index contributed by atoms with van der Waals surface area (Å²) in [6.45, 7) is 5.68. The molecule has 6 nitrogen and oxygen atoms in total. The van der Waals surface area contributed by atoms with Gasteiger partial charge in [-0.3, -0.25) is 14.2 Å². The Morgan fingerprint density at radius 1 is 1.25 bits per heavy atom. The van der Waals surface area contributed by atoms with Crippen LogP contribution in [0, 0.1) is 13.8 Å². The molecule has 1 fully saturated rings. The number of aryl methyl sites for hydroxylation is 2. The number of carbonyl (C=O) groups is 1. The molecule has 0 bridgehead atoms. The second kappa shape index (κ2) is 6.29. The lowest BCUT2D eigenvalue weighted by Crippen LogP contribution is -2.44. The summed E-state index contributed by atoms with van der Waals surface area (Å²) in [5.41, 5.74) is 0.681. The largest absolute Gasteiger partial charge is 0.338 e. The Morgan fingerprint density at radius 3 is 2.50 bits per heavy atom. The van der Waals surface area contributed by atoms with Crippen LogP contribution in [0.1, 0.15) is 33.9 Å². The molecule has 24 heavy (non-hydrogen) atoms. The van der Waals surface area contributed by atoms with E-state index in [1.807, 2.05) is 25.8 Å². The van der Waals surface area contributed by atoms with E-state index in [2.05, 4.69) is 16.9 Å². The van der Waals surface area contributed by atoms with E-state index in [1.54, 1.807) is 7.05 Å². The van der Waals surface area contributed by atoms with Crippen LogP contribution in [0.5, 0.6) is 0 Å². The van der Waals surface area contributed by atoms with E-state index in [9.17, 15) is 9.59 Å². The van der Waals surface area contributed by atoms with Crippen molar-refractivity contribution in [3.63, 3.8) is 0 Å². The zero-order valence-corrected chi connectivity index (χ0v) is 15.7. The summed E-state index contributed by atoms with van der Waals surface area (Å²) < 4.78 is 1.54. The normalized spacial score (nSPS) is 16.7. The Labute approximate surface area is 145 Å². The van der Waals surface area contributed by atoms with Crippen LogP contribution < -0.4 is 5.56 Å². The molecule has 0 N–H and O–H groups in total. The number of hydrogen-bond acceptors (Lipinski definition) is 5. The summed E-state index contributed by atoms with van der Waals surface area (Å²) in [5.74, 6) is 0.668. The Morgan fingerprint density at radius 2 is 1.88 bits per heavy atom. The van der Waals surface area contributed by atoms with Crippen molar-refractivity contribution in [1.29, 1.82) is 0 Å². The fourth-order valence-corrected chi connectivity index (χ4v) is 4.48. The second-order valence-electron chi connectivity index (χ2n) is 6.71. The van der Waals surface area contributed by atoms with Gasteiger partial charge in [-0.25, -0.2) is 4.98 Å². The fourth-order valence-electron chi connectivity index (χ4n) is 3.28. The number of piperidine rings is 1. The summed E-state index contributed by atoms with van der Waals surface area (Å²) in [7, 11) is 5.70. The van der Waals surface area contributed by atoms with Crippen LogP contribution in [-0.2, 0) is 7.05 Å². The van der Waals surface area contributed by atoms with E-state index in [0.29, 0.717) is 20.9 Å². The molecule has 2 aromatic heterocycles. The Bertz CT molecular complexity index is 846. The molecule has 3 heterocycles. The number of likely N-dealkylation sites (tertiary alicyclic amines) is 1. The molecule has 0 spiro atoms. The molecule has 0 radical (unpaired) electrons. The molecule has 1 aliphatic rings. The summed E-state index contributed by atoms with van der Waals surface area (Å²) >= 11 is 1.34. The minimum absolute atomic E-state index is 0.00441. The van der Waals surface area contributed by atoms with Crippen molar-refractivity contribution < 1.29 is 4.79 Å². The minimum Gasteiger partial charge on any atom is -0.338 e. The Hall–Kier alpha value is -1.73. The van der Waals surface area contributed by atoms with Crippen molar-refractivity contribution in [2.75, 3.05) is 27.2 Å². The van der Waals surface area contributed by atoms with Crippen molar-refractivity contribution in [3.05, 3.63) is 26.6 Å². The number of thiophene rings is 1. The molecular weight excluding hydrogens is 324 g/mol. The third-order valence-corrected chi connectivity index (χ3v) is 6.32. The molecule has 3 rings (SSSR count). The maximum Gasteiger partial charge on any atom is 0.264 e. The lowest BCUT2D eigenvalue weighted by Gasteiger charge is -2.35. The van der Waals surface area contributed by atoms with Gasteiger partial charge in [0, 0.05) is 20.1 Å². The maximum absolute atomic E-state index is 13.0. The lowest BCUT2D eigenvalue weighted by molar-refractivity contribution is 0.0664. The van der Waals surface area contributed by atoms with Gasteiger partial charge in [-0.05, 0) is 52.4 Å². The molecule has 2 aromatic rings. The second-order valence-corrected chi connectivity index (χ2v) is 7.71. The van der Waals surface area contributed by atoms with Crippen LogP contribution in [0.4, 0.5) is 0 Å². The van der Waals surface area contributed by atoms with E-state index in [0.717, 1.165) is 31.5 Å². The molecular formula is C17H24N4O2S. The topological polar surface area (TPSA) is 58.4 Å². The summed E-state index contributed by atoms with van der Waals surface area (Å²) in [4.78, 5) is 35.4. The van der Waals surface area contributed by atoms with Crippen LogP contribution >= 0.6 is 11.3 Å². The van der Waals surface area contributed by atoms with Crippen LogP contribution in [0.25, 0.3) is 10.2 Å². The highest BCUT2D eigenvalue weighted by molar-refractivity contribution is 7.20. The summed E-state index contributed by atoms with van der Waals surface area (Å²) in [5, 5.41) is 0.577. The number of carbonyl (C=O) groups excluding carboxylic acids is 1. The Kier molecular flexibility index (Phi) is 4.48. The first-order chi connectivity index (χ1) is 11.3. The fraction of sp³-hybridized carbons (Fsp3) is 0.588. The standard InChI is InChI=1S/C17H24N4O2S/c1-10-13-15(18-11(2)20(4)16(13)22)24-14(10)17(23)21(5)12-6-8-19(3)9-7-12/h12H,6-9H2,1-5H3. The molecule has 0 unspecified atom stereocenters. The molecule has 1 saturated heterocycles. The first-order valence-electron chi connectivity index (χ1n) is 8.23. The van der Waals surface area contributed by atoms with Crippen LogP contribution in [0.15, 0.2) is 4.79 Å². The van der Waals surface area contributed by atoms with Gasteiger partial charge in [0.25, 0.3) is 11.5 Å². The first kappa shape index (κ1) is 17.1. The van der Waals surface area contributed by atoms with Crippen LogP contribution in [-0.4, -0.2) is 58.5 Å². The molecule has 130 valence electrons. The third kappa shape index (κ3) is 2.75. The number of hydrogen-bond donors (Lipinski definition) is 0. The summed E-state index contributed by atoms with van der Waals surface area (Å²) in [6, 6.07) is 0.260. The predicted octanol–water partition coefficient (Wildman–Crippen LogP) is 1.78. The molecule has 0 saturated carbocycles. The first-order valence-corrected chi connectivity index (χ1v) is 9.05. The van der Waals surface area contributed by atoms with Gasteiger partial charge in [-0.2, -0.15) is 0 Å². The van der Waals surface area contributed by atoms with Gasteiger partial charge in [0.05, 0.1) is 10.3 Å². The smallest absolute Gasteiger partial charge is 0.264 e. The van der Waals surface area contributed by atoms with Gasteiger partial charge < -0.3 is 9.80 Å². The zero-order valence-electron chi connectivity index (χ0n) is 14.9. The van der Waals surface area contributed by atoms with E-state index in [4.69, 9.17) is 0 Å². The monoisotopic (exact) mass is 348 g/mol. The van der Waals surface area contributed by atoms with Gasteiger partial charge >= 0.3 is 0 Å². The number of fused-ring (bicyclic) bond motifs is 1. The van der Waals surface area contributed by atoms with Crippen molar-refractivity contribution in [2.24, 2.45) is 7.05 Å². The average Bonchev–Trinajstić information content (AvgIpc) is 2.88. The van der Waals surface area contributed by atoms with Crippen LogP contribution in [0.2, 0.25) is 0 Å². The highest BCUT2D eigenvalue weighted by Gasteiger charge is 2.28. The highest BCUT2D eigenvalue weighted by atomic mass is 32.1. The molecule has 0 aliphatic carbocycles. The number of amides is 1. The highest BCUT2D eigenvalue weighted by Crippen LogP contribution is 2.29. The zero-order chi connectivity index (χ0) is 17.6. The maximum atomic E-state index is 13.0. The number of nitrogens with zero attached hydrogens (tertiary/aromatic N) is 4. The molecule has 1 aliphatic heterocycles. The lowest BCUT2D eigenvalue weighted by atomic mass is 10.0. The van der Waals surface area contributed by atoms with Gasteiger partial charge in [-0.1, -0.05) is 0 Å². The van der Waals surface area contributed by atoms with Crippen molar-refractivity contribution in [1.82, 2.24) is 19.4 Å². The van der Waals surface area contributed by atoms with Gasteiger partial charge in [0.2, 0.25) is 0 Å². The quantitative estimate of drug-likeness (QED) is 0.830. The Balaban J connectivity index is 1.97. The van der Waals surface area contributed by atoms with Gasteiger partial charge in [0.1, 0.15) is 10.7 Å². The predicted molar refractivity (Wildman–Crippen MR) is 96.9 cm³/mol. The van der Waals surface area contributed by atoms with Crippen LogP contribution in [0.3, 0.4) is 0 Å². The van der Waals surface area contributed by atoms with Crippen molar-refractivity contribution in [3.8, 4) is 0 Å². The van der Waals surface area contributed by atoms with E-state index < -0.39 is 0 Å². The van der Waals surface area contributed by atoms with Crippen molar-refractivity contribution in [2.45, 2.75) is 32.7 Å². The van der Waals surface area contributed by atoms with Crippen molar-refractivity contribution >= 4 is 27.5 Å². The van der Waals surface area contributed by atoms with Gasteiger partial charge in [-0.15, -0.1) is 11.3 Å². The molecule has 1 amide bonds. The summed E-state index contributed by atoms with van der Waals surface area (Å²) in [6.07, 6.45) is 1.98. The van der Waals surface area contributed by atoms with Gasteiger partial charge in [0.15, 0.2) is 0 Å². The van der Waals surface area contributed by atoms with E-state index in [-0.39, 0.29) is 17.5 Å². The molecule has 7 heteroatoms. The average molecular weight is 348 g/mol. The van der Waals surface area contributed by atoms with E-state index in [1.165, 1.54) is 15.9 Å². The molecule has 0 aromatic carbocycles. The van der Waals surface area contributed by atoms with E-state index >= 15 is 0 Å². The molecule has 0 atom stereocenters. The SMILES string of the molecule is Cc1c(C(=O)N(C)C2CCN(C)CC2)sc2nc(C)n(C)c(=O)c12. The number of rotatable bonds is 2. The number of aromatic nitrogens is 2.